The molecular formula is C11H15N5S. The molecule has 0 unspecified atom stereocenters. The lowest BCUT2D eigenvalue weighted by Crippen LogP contribution is -2.11. The molecule has 0 spiro atoms. The maximum Gasteiger partial charge on any atom is 0.240 e. The molecule has 0 fully saturated rings. The van der Waals surface area contributed by atoms with E-state index in [1.807, 2.05) is 0 Å². The molecule has 0 atom stereocenters. The zero-order valence-corrected chi connectivity index (χ0v) is 10.3. The van der Waals surface area contributed by atoms with Gasteiger partial charge in [-0.1, -0.05) is 6.42 Å². The van der Waals surface area contributed by atoms with Crippen LogP contribution in [-0.2, 0) is 12.8 Å². The van der Waals surface area contributed by atoms with Crippen molar-refractivity contribution >= 4 is 33.3 Å². The summed E-state index contributed by atoms with van der Waals surface area (Å²) in [6, 6.07) is 0. The van der Waals surface area contributed by atoms with Crippen LogP contribution >= 0.6 is 11.3 Å². The van der Waals surface area contributed by atoms with Crippen LogP contribution in [-0.4, -0.2) is 9.97 Å². The van der Waals surface area contributed by atoms with Gasteiger partial charge >= 0.3 is 0 Å². The van der Waals surface area contributed by atoms with Crippen molar-refractivity contribution in [3.63, 3.8) is 0 Å². The summed E-state index contributed by atoms with van der Waals surface area (Å²) in [5.74, 6) is 6.27. The summed E-state index contributed by atoms with van der Waals surface area (Å²) in [4.78, 5) is 10.9. The maximum absolute atomic E-state index is 6.01. The molecule has 5 N–H and O–H groups in total. The first-order valence-electron chi connectivity index (χ1n) is 5.84. The number of rotatable bonds is 1. The Morgan fingerprint density at radius 2 is 1.94 bits per heavy atom. The summed E-state index contributed by atoms with van der Waals surface area (Å²) in [5.41, 5.74) is 9.83. The third-order valence-corrected chi connectivity index (χ3v) is 4.41. The summed E-state index contributed by atoms with van der Waals surface area (Å²) >= 11 is 1.73. The van der Waals surface area contributed by atoms with Gasteiger partial charge in [-0.15, -0.1) is 11.3 Å². The average molecular weight is 249 g/mol. The van der Waals surface area contributed by atoms with Gasteiger partial charge in [0.25, 0.3) is 0 Å². The molecule has 3 rings (SSSR count). The SMILES string of the molecule is NNc1nc(N)c2c3c(sc2n1)CCCCC3. The van der Waals surface area contributed by atoms with E-state index in [9.17, 15) is 0 Å². The van der Waals surface area contributed by atoms with Gasteiger partial charge in [0.05, 0.1) is 5.39 Å². The fraction of sp³-hybridized carbons (Fsp3) is 0.455. The second-order valence-electron chi connectivity index (χ2n) is 4.32. The summed E-state index contributed by atoms with van der Waals surface area (Å²) in [5, 5.41) is 1.05. The van der Waals surface area contributed by atoms with Crippen LogP contribution in [0.1, 0.15) is 29.7 Å². The molecule has 6 heteroatoms. The Hall–Kier alpha value is -1.40. The van der Waals surface area contributed by atoms with E-state index in [1.54, 1.807) is 11.3 Å². The molecule has 1 aliphatic carbocycles. The molecule has 0 saturated heterocycles. The Labute approximate surface area is 103 Å². The Kier molecular flexibility index (Phi) is 2.60. The van der Waals surface area contributed by atoms with E-state index in [0.29, 0.717) is 11.8 Å². The first-order valence-corrected chi connectivity index (χ1v) is 6.65. The fourth-order valence-corrected chi connectivity index (χ4v) is 3.70. The maximum atomic E-state index is 6.01. The zero-order valence-electron chi connectivity index (χ0n) is 9.49. The van der Waals surface area contributed by atoms with E-state index >= 15 is 0 Å². The summed E-state index contributed by atoms with van der Waals surface area (Å²) < 4.78 is 0. The highest BCUT2D eigenvalue weighted by Gasteiger charge is 2.18. The fourth-order valence-electron chi connectivity index (χ4n) is 2.43. The van der Waals surface area contributed by atoms with Crippen LogP contribution in [0.15, 0.2) is 0 Å². The van der Waals surface area contributed by atoms with Crippen molar-refractivity contribution < 1.29 is 0 Å². The minimum absolute atomic E-state index is 0.395. The number of hydrazine groups is 1. The number of fused-ring (bicyclic) bond motifs is 3. The molecule has 0 aliphatic heterocycles. The number of aryl methyl sites for hydroxylation is 2. The van der Waals surface area contributed by atoms with Gasteiger partial charge in [-0.3, -0.25) is 5.43 Å². The molecule has 90 valence electrons. The van der Waals surface area contributed by atoms with Gasteiger partial charge in [0.2, 0.25) is 5.95 Å². The normalized spacial score (nSPS) is 15.6. The van der Waals surface area contributed by atoms with Crippen molar-refractivity contribution in [1.82, 2.24) is 9.97 Å². The molecule has 1 aliphatic rings. The molecule has 0 amide bonds. The number of aromatic nitrogens is 2. The molecule has 0 radical (unpaired) electrons. The number of hydrogen-bond acceptors (Lipinski definition) is 6. The first-order chi connectivity index (χ1) is 8.29. The van der Waals surface area contributed by atoms with Gasteiger partial charge in [-0.2, -0.15) is 4.98 Å². The Morgan fingerprint density at radius 3 is 2.76 bits per heavy atom. The van der Waals surface area contributed by atoms with Crippen LogP contribution < -0.4 is 17.0 Å². The van der Waals surface area contributed by atoms with Crippen LogP contribution in [0.25, 0.3) is 10.2 Å². The van der Waals surface area contributed by atoms with Gasteiger partial charge in [0, 0.05) is 4.88 Å². The van der Waals surface area contributed by atoms with Crippen LogP contribution in [0.2, 0.25) is 0 Å². The van der Waals surface area contributed by atoms with Crippen molar-refractivity contribution in [3.05, 3.63) is 10.4 Å². The highest BCUT2D eigenvalue weighted by molar-refractivity contribution is 7.19. The topological polar surface area (TPSA) is 89.8 Å². The van der Waals surface area contributed by atoms with E-state index in [4.69, 9.17) is 11.6 Å². The number of anilines is 2. The highest BCUT2D eigenvalue weighted by atomic mass is 32.1. The second-order valence-corrected chi connectivity index (χ2v) is 5.41. The van der Waals surface area contributed by atoms with Crippen LogP contribution in [0.4, 0.5) is 11.8 Å². The molecule has 0 saturated carbocycles. The Balaban J connectivity index is 2.24. The molecule has 2 aromatic heterocycles. The van der Waals surface area contributed by atoms with Gasteiger partial charge in [-0.25, -0.2) is 10.8 Å². The predicted molar refractivity (Wildman–Crippen MR) is 70.9 cm³/mol. The zero-order chi connectivity index (χ0) is 11.8. The number of thiophene rings is 1. The minimum Gasteiger partial charge on any atom is -0.383 e. The second kappa shape index (κ2) is 4.12. The van der Waals surface area contributed by atoms with Gasteiger partial charge in [-0.05, 0) is 31.2 Å². The number of nitrogens with one attached hydrogen (secondary N) is 1. The van der Waals surface area contributed by atoms with Gasteiger partial charge < -0.3 is 5.73 Å². The van der Waals surface area contributed by atoms with E-state index in [-0.39, 0.29) is 0 Å². The number of nitrogen functional groups attached to an aromatic ring is 2. The summed E-state index contributed by atoms with van der Waals surface area (Å²) in [7, 11) is 0. The van der Waals surface area contributed by atoms with Crippen LogP contribution in [0.3, 0.4) is 0 Å². The van der Waals surface area contributed by atoms with E-state index in [1.165, 1.54) is 29.7 Å². The van der Waals surface area contributed by atoms with E-state index < -0.39 is 0 Å². The van der Waals surface area contributed by atoms with E-state index in [0.717, 1.165) is 23.1 Å². The predicted octanol–water partition coefficient (Wildman–Crippen LogP) is 1.83. The number of nitrogens with zero attached hydrogens (tertiary/aromatic N) is 2. The molecule has 0 bridgehead atoms. The molecule has 2 heterocycles. The van der Waals surface area contributed by atoms with Crippen LogP contribution in [0, 0.1) is 0 Å². The van der Waals surface area contributed by atoms with Crippen LogP contribution in [0.5, 0.6) is 0 Å². The molecule has 5 nitrogen and oxygen atoms in total. The lowest BCUT2D eigenvalue weighted by molar-refractivity contribution is 0.713. The quantitative estimate of drug-likeness (QED) is 0.407. The third-order valence-electron chi connectivity index (χ3n) is 3.22. The standard InChI is InChI=1S/C11H15N5S/c12-9-8-6-4-2-1-3-5-7(6)17-10(8)15-11(14-9)16-13/h1-5,13H2,(H3,12,14,15,16). The van der Waals surface area contributed by atoms with Crippen molar-refractivity contribution in [2.45, 2.75) is 32.1 Å². The van der Waals surface area contributed by atoms with Gasteiger partial charge in [0.1, 0.15) is 10.6 Å². The molecule has 17 heavy (non-hydrogen) atoms. The minimum atomic E-state index is 0.395. The van der Waals surface area contributed by atoms with Crippen molar-refractivity contribution in [2.24, 2.45) is 5.84 Å². The molecule has 2 aromatic rings. The molecule has 0 aromatic carbocycles. The van der Waals surface area contributed by atoms with E-state index in [2.05, 4.69) is 15.4 Å². The lowest BCUT2D eigenvalue weighted by Gasteiger charge is -2.03. The highest BCUT2D eigenvalue weighted by Crippen LogP contribution is 2.37. The third kappa shape index (κ3) is 1.73. The van der Waals surface area contributed by atoms with Crippen molar-refractivity contribution in [1.29, 1.82) is 0 Å². The number of hydrogen-bond donors (Lipinski definition) is 3. The number of nitrogens with two attached hydrogens (primary N) is 2. The lowest BCUT2D eigenvalue weighted by atomic mass is 10.1. The Bertz CT molecular complexity index is 562. The summed E-state index contributed by atoms with van der Waals surface area (Å²) in [6.07, 6.45) is 6.02. The smallest absolute Gasteiger partial charge is 0.240 e. The van der Waals surface area contributed by atoms with Gasteiger partial charge in [0.15, 0.2) is 0 Å². The average Bonchev–Trinajstić information content (AvgIpc) is 2.52. The van der Waals surface area contributed by atoms with Crippen molar-refractivity contribution in [2.75, 3.05) is 11.2 Å². The summed E-state index contributed by atoms with van der Waals surface area (Å²) in [6.45, 7) is 0. The monoisotopic (exact) mass is 249 g/mol. The molecular weight excluding hydrogens is 234 g/mol. The largest absolute Gasteiger partial charge is 0.383 e. The Morgan fingerprint density at radius 1 is 1.12 bits per heavy atom. The first kappa shape index (κ1) is 10.7. The van der Waals surface area contributed by atoms with Crippen molar-refractivity contribution in [3.8, 4) is 0 Å².